The van der Waals surface area contributed by atoms with Gasteiger partial charge in [0.05, 0.1) is 12.5 Å². The molecular weight excluding hydrogens is 280 g/mol. The van der Waals surface area contributed by atoms with Crippen LogP contribution in [0.15, 0.2) is 41.9 Å². The topological polar surface area (TPSA) is 59.7 Å². The van der Waals surface area contributed by atoms with Gasteiger partial charge in [0, 0.05) is 32.0 Å². The Balaban J connectivity index is 1.94. The molecule has 2 rings (SSSR count). The van der Waals surface area contributed by atoms with Gasteiger partial charge in [-0.1, -0.05) is 17.3 Å². The van der Waals surface area contributed by atoms with Crippen LogP contribution in [0.3, 0.4) is 0 Å². The molecule has 0 N–H and O–H groups in total. The molecule has 0 atom stereocenters. The molecule has 0 radical (unpaired) electrons. The number of nitrogens with zero attached hydrogens (tertiary/aromatic N) is 4. The van der Waals surface area contributed by atoms with Crippen molar-refractivity contribution in [3.63, 3.8) is 0 Å². The largest absolute Gasteiger partial charge is 0.385 e. The first kappa shape index (κ1) is 15.8. The van der Waals surface area contributed by atoms with Crippen LogP contribution < -0.4 is 4.90 Å². The highest BCUT2D eigenvalue weighted by molar-refractivity contribution is 5.88. The maximum Gasteiger partial charge on any atom is 0.385 e. The molecule has 0 aliphatic rings. The zero-order valence-corrected chi connectivity index (χ0v) is 13.1. The van der Waals surface area contributed by atoms with Gasteiger partial charge in [0.2, 0.25) is 0 Å². The van der Waals surface area contributed by atoms with Gasteiger partial charge in [-0.05, 0) is 31.5 Å². The first-order valence-electron chi connectivity index (χ1n) is 7.21. The molecule has 1 heterocycles. The quantitative estimate of drug-likeness (QED) is 0.467. The second-order valence-corrected chi connectivity index (χ2v) is 4.80. The lowest BCUT2D eigenvalue weighted by Gasteiger charge is -2.20. The molecule has 0 fully saturated rings. The van der Waals surface area contributed by atoms with Crippen molar-refractivity contribution in [2.75, 3.05) is 18.0 Å². The molecule has 6 nitrogen and oxygen atoms in total. The minimum absolute atomic E-state index is 0.233. The second kappa shape index (κ2) is 7.40. The lowest BCUT2D eigenvalue weighted by molar-refractivity contribution is 0.0513. The molecule has 6 heteroatoms. The Labute approximate surface area is 130 Å². The van der Waals surface area contributed by atoms with Crippen LogP contribution in [0.1, 0.15) is 29.9 Å². The molecule has 1 aromatic carbocycles. The number of oxime groups is 1. The summed E-state index contributed by atoms with van der Waals surface area (Å²) in [6.07, 6.45) is 4.62. The monoisotopic (exact) mass is 300 g/mol. The molecule has 2 aromatic rings. The Morgan fingerprint density at radius 3 is 2.55 bits per heavy atom. The number of aromatic nitrogens is 2. The van der Waals surface area contributed by atoms with Gasteiger partial charge in [-0.2, -0.15) is 0 Å². The summed E-state index contributed by atoms with van der Waals surface area (Å²) in [7, 11) is 1.78. The van der Waals surface area contributed by atoms with Gasteiger partial charge in [-0.3, -0.25) is 0 Å². The zero-order chi connectivity index (χ0) is 15.9. The minimum atomic E-state index is -0.573. The molecular formula is C16H20N4O2. The summed E-state index contributed by atoms with van der Waals surface area (Å²) in [4.78, 5) is 22.6. The number of carbonyl (C=O) groups excluding carboxylic acids is 1. The van der Waals surface area contributed by atoms with Gasteiger partial charge in [-0.15, -0.1) is 0 Å². The van der Waals surface area contributed by atoms with Crippen LogP contribution in [0.25, 0.3) is 0 Å². The Bertz CT molecular complexity index is 642. The fraction of sp³-hybridized carbons (Fsp3) is 0.312. The Morgan fingerprint density at radius 2 is 2.00 bits per heavy atom. The number of carbonyl (C=O) groups is 1. The van der Waals surface area contributed by atoms with Crippen LogP contribution in [-0.2, 0) is 11.9 Å². The molecule has 0 saturated carbocycles. The number of imidazole rings is 1. The maximum absolute atomic E-state index is 11.7. The number of hydrogen-bond donors (Lipinski definition) is 0. The Hall–Kier alpha value is -2.63. The van der Waals surface area contributed by atoms with Crippen LogP contribution in [0.2, 0.25) is 0 Å². The first-order valence-corrected chi connectivity index (χ1v) is 7.21. The fourth-order valence-corrected chi connectivity index (χ4v) is 2.06. The van der Waals surface area contributed by atoms with E-state index in [2.05, 4.69) is 28.9 Å². The number of rotatable bonds is 6. The molecule has 22 heavy (non-hydrogen) atoms. The Kier molecular flexibility index (Phi) is 5.30. The third kappa shape index (κ3) is 3.94. The molecule has 0 spiro atoms. The molecule has 0 aliphatic carbocycles. The lowest BCUT2D eigenvalue weighted by Crippen LogP contribution is -2.21. The standard InChI is InChI=1S/C16H20N4O2/c1-4-20(5-2)14-8-6-13(7-9-14)10-18-22-16(21)15-11-19(3)12-17-15/h6-12H,4-5H2,1-3H3. The van der Waals surface area contributed by atoms with E-state index in [0.717, 1.165) is 24.3 Å². The molecule has 0 saturated heterocycles. The summed E-state index contributed by atoms with van der Waals surface area (Å²) in [6.45, 7) is 6.17. The molecule has 0 unspecified atom stereocenters. The average Bonchev–Trinajstić information content (AvgIpc) is 2.96. The third-order valence-electron chi connectivity index (χ3n) is 3.27. The van der Waals surface area contributed by atoms with Crippen molar-refractivity contribution < 1.29 is 9.63 Å². The maximum atomic E-state index is 11.7. The van der Waals surface area contributed by atoms with Crippen molar-refractivity contribution in [3.05, 3.63) is 48.0 Å². The third-order valence-corrected chi connectivity index (χ3v) is 3.27. The number of anilines is 1. The SMILES string of the molecule is CCN(CC)c1ccc(C=NOC(=O)c2cn(C)cn2)cc1. The molecule has 0 bridgehead atoms. The van der Waals surface area contributed by atoms with Crippen molar-refractivity contribution in [1.82, 2.24) is 9.55 Å². The molecule has 0 aliphatic heterocycles. The predicted molar refractivity (Wildman–Crippen MR) is 86.2 cm³/mol. The van der Waals surface area contributed by atoms with E-state index < -0.39 is 5.97 Å². The summed E-state index contributed by atoms with van der Waals surface area (Å²) in [5.74, 6) is -0.573. The van der Waals surface area contributed by atoms with Crippen molar-refractivity contribution in [1.29, 1.82) is 0 Å². The normalized spacial score (nSPS) is 10.9. The highest BCUT2D eigenvalue weighted by Crippen LogP contribution is 2.14. The highest BCUT2D eigenvalue weighted by atomic mass is 16.7. The summed E-state index contributed by atoms with van der Waals surface area (Å²) in [6, 6.07) is 7.92. The summed E-state index contributed by atoms with van der Waals surface area (Å²) in [5.41, 5.74) is 2.26. The van der Waals surface area contributed by atoms with Gasteiger partial charge in [0.1, 0.15) is 0 Å². The number of hydrogen-bond acceptors (Lipinski definition) is 5. The van der Waals surface area contributed by atoms with E-state index in [1.165, 1.54) is 12.5 Å². The van der Waals surface area contributed by atoms with Crippen molar-refractivity contribution >= 4 is 17.9 Å². The van der Waals surface area contributed by atoms with E-state index in [-0.39, 0.29) is 5.69 Å². The predicted octanol–water partition coefficient (Wildman–Crippen LogP) is 2.46. The summed E-state index contributed by atoms with van der Waals surface area (Å²) in [5, 5.41) is 3.70. The molecule has 1 aromatic heterocycles. The van der Waals surface area contributed by atoms with Gasteiger partial charge in [-0.25, -0.2) is 9.78 Å². The van der Waals surface area contributed by atoms with Gasteiger partial charge in [0.25, 0.3) is 0 Å². The van der Waals surface area contributed by atoms with Gasteiger partial charge < -0.3 is 14.3 Å². The highest BCUT2D eigenvalue weighted by Gasteiger charge is 2.09. The van der Waals surface area contributed by atoms with E-state index in [4.69, 9.17) is 4.84 Å². The number of benzene rings is 1. The van der Waals surface area contributed by atoms with Crippen LogP contribution in [0, 0.1) is 0 Å². The van der Waals surface area contributed by atoms with E-state index >= 15 is 0 Å². The average molecular weight is 300 g/mol. The second-order valence-electron chi connectivity index (χ2n) is 4.80. The first-order chi connectivity index (χ1) is 10.6. The molecule has 0 amide bonds. The van der Waals surface area contributed by atoms with E-state index in [0.29, 0.717) is 0 Å². The smallest absolute Gasteiger partial charge is 0.372 e. The van der Waals surface area contributed by atoms with Crippen LogP contribution in [0.4, 0.5) is 5.69 Å². The summed E-state index contributed by atoms with van der Waals surface area (Å²) < 4.78 is 1.67. The zero-order valence-electron chi connectivity index (χ0n) is 13.1. The van der Waals surface area contributed by atoms with Gasteiger partial charge >= 0.3 is 5.97 Å². The van der Waals surface area contributed by atoms with E-state index in [9.17, 15) is 4.79 Å². The minimum Gasteiger partial charge on any atom is -0.372 e. The number of aryl methyl sites for hydroxylation is 1. The van der Waals surface area contributed by atoms with Crippen molar-refractivity contribution in [3.8, 4) is 0 Å². The van der Waals surface area contributed by atoms with E-state index in [1.807, 2.05) is 24.3 Å². The van der Waals surface area contributed by atoms with Crippen LogP contribution in [-0.4, -0.2) is 34.8 Å². The summed E-state index contributed by atoms with van der Waals surface area (Å²) >= 11 is 0. The van der Waals surface area contributed by atoms with E-state index in [1.54, 1.807) is 17.8 Å². The fourth-order valence-electron chi connectivity index (χ4n) is 2.06. The van der Waals surface area contributed by atoms with Crippen LogP contribution >= 0.6 is 0 Å². The molecule has 116 valence electrons. The van der Waals surface area contributed by atoms with Crippen molar-refractivity contribution in [2.45, 2.75) is 13.8 Å². The van der Waals surface area contributed by atoms with Gasteiger partial charge in [0.15, 0.2) is 5.69 Å². The lowest BCUT2D eigenvalue weighted by atomic mass is 10.2. The van der Waals surface area contributed by atoms with Crippen molar-refractivity contribution in [2.24, 2.45) is 12.2 Å². The Morgan fingerprint density at radius 1 is 1.32 bits per heavy atom. The van der Waals surface area contributed by atoms with Crippen LogP contribution in [0.5, 0.6) is 0 Å².